The summed E-state index contributed by atoms with van der Waals surface area (Å²) in [6, 6.07) is 7.78. The fourth-order valence-corrected chi connectivity index (χ4v) is 6.62. The van der Waals surface area contributed by atoms with Gasteiger partial charge in [0.05, 0.1) is 19.6 Å². The van der Waals surface area contributed by atoms with Crippen LogP contribution in [0.15, 0.2) is 30.3 Å². The second-order valence-electron chi connectivity index (χ2n) is 11.3. The van der Waals surface area contributed by atoms with E-state index in [0.717, 1.165) is 31.2 Å². The molecule has 3 aliphatic rings. The van der Waals surface area contributed by atoms with E-state index in [1.165, 1.54) is 9.21 Å². The summed E-state index contributed by atoms with van der Waals surface area (Å²) in [5.74, 6) is -0.930. The highest BCUT2D eigenvalue weighted by molar-refractivity contribution is 7.87. The van der Waals surface area contributed by atoms with Gasteiger partial charge >= 0.3 is 6.09 Å². The topological polar surface area (TPSA) is 199 Å². The molecule has 244 valence electrons. The van der Waals surface area contributed by atoms with Gasteiger partial charge in [-0.25, -0.2) is 4.79 Å². The van der Waals surface area contributed by atoms with Crippen LogP contribution in [0.3, 0.4) is 0 Å². The Balaban J connectivity index is 1.36. The molecule has 16 heteroatoms. The molecule has 3 amide bonds. The summed E-state index contributed by atoms with van der Waals surface area (Å²) >= 11 is 0. The van der Waals surface area contributed by atoms with Gasteiger partial charge in [0.2, 0.25) is 11.8 Å². The van der Waals surface area contributed by atoms with E-state index in [0.29, 0.717) is 19.6 Å². The molecule has 1 saturated carbocycles. The highest BCUT2D eigenvalue weighted by Gasteiger charge is 2.39. The van der Waals surface area contributed by atoms with E-state index >= 15 is 0 Å². The highest BCUT2D eigenvalue weighted by Crippen LogP contribution is 2.27. The van der Waals surface area contributed by atoms with Crippen LogP contribution in [0.25, 0.3) is 0 Å². The number of ether oxygens (including phenoxy) is 2. The Kier molecular flexibility index (Phi) is 12.2. The lowest BCUT2D eigenvalue weighted by atomic mass is 9.98. The van der Waals surface area contributed by atoms with E-state index in [-0.39, 0.29) is 70.3 Å². The van der Waals surface area contributed by atoms with Crippen LogP contribution >= 0.6 is 0 Å². The molecule has 4 rings (SSSR count). The number of hydrogen-bond acceptors (Lipinski definition) is 8. The van der Waals surface area contributed by atoms with Crippen LogP contribution in [0, 0.1) is 11.3 Å². The van der Waals surface area contributed by atoms with E-state index < -0.39 is 34.2 Å². The van der Waals surface area contributed by atoms with Gasteiger partial charge in [0.1, 0.15) is 12.6 Å². The molecule has 2 heterocycles. The van der Waals surface area contributed by atoms with Crippen molar-refractivity contribution >= 4 is 34.1 Å². The molecule has 44 heavy (non-hydrogen) atoms. The minimum atomic E-state index is -4.09. The first kappa shape index (κ1) is 33.4. The van der Waals surface area contributed by atoms with Crippen molar-refractivity contribution in [3.8, 4) is 0 Å². The molecule has 0 radical (unpaired) electrons. The van der Waals surface area contributed by atoms with Crippen molar-refractivity contribution in [2.75, 3.05) is 59.0 Å². The van der Waals surface area contributed by atoms with E-state index in [1.807, 2.05) is 30.3 Å². The number of nitrogens with two attached hydrogens (primary N) is 1. The highest BCUT2D eigenvalue weighted by atomic mass is 32.2. The summed E-state index contributed by atoms with van der Waals surface area (Å²) < 4.78 is 40.7. The number of nitrogens with one attached hydrogen (secondary N) is 4. The van der Waals surface area contributed by atoms with Crippen molar-refractivity contribution in [1.29, 1.82) is 5.41 Å². The largest absolute Gasteiger partial charge is 0.445 e. The lowest BCUT2D eigenvalue weighted by Crippen LogP contribution is -2.56. The van der Waals surface area contributed by atoms with Gasteiger partial charge in [-0.2, -0.15) is 17.4 Å². The van der Waals surface area contributed by atoms with Crippen LogP contribution in [0.4, 0.5) is 4.79 Å². The van der Waals surface area contributed by atoms with Gasteiger partial charge in [-0.3, -0.25) is 15.0 Å². The van der Waals surface area contributed by atoms with E-state index in [4.69, 9.17) is 20.6 Å². The van der Waals surface area contributed by atoms with Crippen molar-refractivity contribution in [2.45, 2.75) is 50.8 Å². The number of nitrogens with zero attached hydrogens (tertiary/aromatic N) is 3. The summed E-state index contributed by atoms with van der Waals surface area (Å²) in [6.45, 7) is 2.62. The average Bonchev–Trinajstić information content (AvgIpc) is 3.87. The Labute approximate surface area is 258 Å². The Morgan fingerprint density at radius 3 is 2.50 bits per heavy atom. The van der Waals surface area contributed by atoms with Crippen LogP contribution in [0.5, 0.6) is 0 Å². The predicted molar refractivity (Wildman–Crippen MR) is 161 cm³/mol. The molecule has 0 bridgehead atoms. The lowest BCUT2D eigenvalue weighted by molar-refractivity contribution is -0.136. The third-order valence-electron chi connectivity index (χ3n) is 7.84. The first-order chi connectivity index (χ1) is 21.1. The van der Waals surface area contributed by atoms with Gasteiger partial charge in [0.15, 0.2) is 5.96 Å². The summed E-state index contributed by atoms with van der Waals surface area (Å²) in [6.07, 6.45) is 2.16. The second kappa shape index (κ2) is 16.0. The van der Waals surface area contributed by atoms with Crippen LogP contribution in [-0.4, -0.2) is 118 Å². The van der Waals surface area contributed by atoms with Gasteiger partial charge < -0.3 is 35.6 Å². The van der Waals surface area contributed by atoms with Gasteiger partial charge in [-0.1, -0.05) is 30.3 Å². The maximum absolute atomic E-state index is 13.8. The average molecular weight is 637 g/mol. The van der Waals surface area contributed by atoms with E-state index in [9.17, 15) is 22.8 Å². The number of benzene rings is 1. The molecular formula is C28H44N8O7S. The number of guanidine groups is 1. The van der Waals surface area contributed by atoms with Crippen molar-refractivity contribution in [3.63, 3.8) is 0 Å². The molecule has 1 aromatic carbocycles. The third kappa shape index (κ3) is 10.3. The zero-order valence-corrected chi connectivity index (χ0v) is 25.7. The van der Waals surface area contributed by atoms with E-state index in [2.05, 4.69) is 15.4 Å². The quantitative estimate of drug-likeness (QED) is 0.133. The van der Waals surface area contributed by atoms with Crippen molar-refractivity contribution in [1.82, 2.24) is 29.5 Å². The zero-order valence-electron chi connectivity index (χ0n) is 24.9. The third-order valence-corrected chi connectivity index (χ3v) is 9.47. The molecule has 2 aliphatic heterocycles. The lowest BCUT2D eigenvalue weighted by Gasteiger charge is -2.33. The van der Waals surface area contributed by atoms with Crippen molar-refractivity contribution in [2.24, 2.45) is 11.7 Å². The number of carbonyl (C=O) groups is 3. The number of hydrogen-bond donors (Lipinski definition) is 5. The fourth-order valence-electron chi connectivity index (χ4n) is 5.30. The Morgan fingerprint density at radius 1 is 1.09 bits per heavy atom. The second-order valence-corrected chi connectivity index (χ2v) is 13.0. The van der Waals surface area contributed by atoms with Crippen LogP contribution in [0.1, 0.15) is 37.7 Å². The van der Waals surface area contributed by atoms with Gasteiger partial charge in [0.25, 0.3) is 10.2 Å². The number of likely N-dealkylation sites (tertiary alicyclic amines) is 1. The first-order valence-corrected chi connectivity index (χ1v) is 16.5. The fraction of sp³-hybridized carbons (Fsp3) is 0.643. The van der Waals surface area contributed by atoms with Gasteiger partial charge in [0, 0.05) is 51.9 Å². The van der Waals surface area contributed by atoms with Crippen molar-refractivity contribution < 1.29 is 32.3 Å². The molecular weight excluding hydrogens is 592 g/mol. The van der Waals surface area contributed by atoms with E-state index in [1.54, 1.807) is 4.90 Å². The predicted octanol–water partition coefficient (Wildman–Crippen LogP) is -0.449. The summed E-state index contributed by atoms with van der Waals surface area (Å²) in [5.41, 5.74) is 6.46. The van der Waals surface area contributed by atoms with Crippen LogP contribution in [-0.2, 0) is 35.9 Å². The molecule has 3 fully saturated rings. The summed E-state index contributed by atoms with van der Waals surface area (Å²) in [5, 5.41) is 13.2. The van der Waals surface area contributed by atoms with Crippen LogP contribution in [0.2, 0.25) is 0 Å². The van der Waals surface area contributed by atoms with Gasteiger partial charge in [-0.05, 0) is 37.2 Å². The summed E-state index contributed by atoms with van der Waals surface area (Å²) in [7, 11) is -4.09. The SMILES string of the molecule is N=C(N)N1CCC[C@@H](CNC(=O)C[C@H](NS(=O)(=O)N2CCOCC2)C(=O)N(CCNC(=O)OCc2ccccc2)C2CC2)C1. The number of morpholine rings is 1. The van der Waals surface area contributed by atoms with Crippen LogP contribution < -0.4 is 21.1 Å². The Hall–Kier alpha value is -3.47. The number of amides is 3. The van der Waals surface area contributed by atoms with Crippen molar-refractivity contribution in [3.05, 3.63) is 35.9 Å². The molecule has 2 saturated heterocycles. The van der Waals surface area contributed by atoms with Gasteiger partial charge in [-0.15, -0.1) is 0 Å². The molecule has 6 N–H and O–H groups in total. The molecule has 0 spiro atoms. The maximum atomic E-state index is 13.8. The molecule has 0 aromatic heterocycles. The normalized spacial score (nSPS) is 19.9. The number of alkyl carbamates (subject to hydrolysis) is 1. The standard InChI is InChI=1S/C28H44N8O7S/c29-27(30)34-11-4-7-22(19-34)18-32-25(37)17-24(33-44(40,41)35-13-15-42-16-14-35)26(38)36(23-8-9-23)12-10-31-28(39)43-20-21-5-2-1-3-6-21/h1-3,5-6,22-24,33H,4,7-20H2,(H3,29,30)(H,31,39)(H,32,37)/t22-,24-/m0/s1. The molecule has 0 unspecified atom stereocenters. The Bertz CT molecular complexity index is 1240. The molecule has 1 aliphatic carbocycles. The minimum absolute atomic E-state index is 0.0108. The maximum Gasteiger partial charge on any atom is 0.407 e. The number of piperidine rings is 1. The first-order valence-electron chi connectivity index (χ1n) is 15.1. The smallest absolute Gasteiger partial charge is 0.407 e. The zero-order chi connectivity index (χ0) is 31.5. The monoisotopic (exact) mass is 636 g/mol. The number of rotatable bonds is 14. The minimum Gasteiger partial charge on any atom is -0.445 e. The molecule has 2 atom stereocenters. The Morgan fingerprint density at radius 2 is 1.82 bits per heavy atom. The summed E-state index contributed by atoms with van der Waals surface area (Å²) in [4.78, 5) is 42.4. The number of carbonyl (C=O) groups excluding carboxylic acids is 3. The molecule has 1 aromatic rings. The molecule has 15 nitrogen and oxygen atoms in total.